The highest BCUT2D eigenvalue weighted by atomic mass is 35.5. The van der Waals surface area contributed by atoms with Crippen LogP contribution in [0.3, 0.4) is 0 Å². The number of hydrogen-bond donors (Lipinski definition) is 0. The number of halogens is 1. The average Bonchev–Trinajstić information content (AvgIpc) is 3.27. The fraction of sp³-hybridized carbons (Fsp3) is 0.125. The minimum absolute atomic E-state index is 0.0146. The maximum atomic E-state index is 13.7. The second kappa shape index (κ2) is 12.4. The van der Waals surface area contributed by atoms with Crippen molar-refractivity contribution in [2.45, 2.75) is 25.7 Å². The van der Waals surface area contributed by atoms with Gasteiger partial charge in [-0.2, -0.15) is 8.42 Å². The molecule has 1 aliphatic heterocycles. The Morgan fingerprint density at radius 2 is 1.57 bits per heavy atom. The lowest BCUT2D eigenvalue weighted by atomic mass is 10.1. The van der Waals surface area contributed by atoms with Crippen LogP contribution in [-0.2, 0) is 14.9 Å². The second-order valence-electron chi connectivity index (χ2n) is 9.43. The fourth-order valence-electron chi connectivity index (χ4n) is 4.11. The molecule has 7 nitrogen and oxygen atoms in total. The SMILES string of the molecule is CCOc1cc(/C=C2\SC(=Nc3ccc(C)cc3)N(c3ccc(C)cc3)C2=O)cc(Cl)c1OS(=O)(=O)c1ccccc1. The highest BCUT2D eigenvalue weighted by Gasteiger charge is 2.35. The summed E-state index contributed by atoms with van der Waals surface area (Å²) in [7, 11) is -4.16. The van der Waals surface area contributed by atoms with Crippen LogP contribution in [0.4, 0.5) is 11.4 Å². The van der Waals surface area contributed by atoms with Crippen LogP contribution >= 0.6 is 23.4 Å². The summed E-state index contributed by atoms with van der Waals surface area (Å²) >= 11 is 7.78. The van der Waals surface area contributed by atoms with Crippen molar-refractivity contribution in [1.82, 2.24) is 0 Å². The van der Waals surface area contributed by atoms with E-state index in [9.17, 15) is 13.2 Å². The van der Waals surface area contributed by atoms with Crippen molar-refractivity contribution in [3.05, 3.63) is 118 Å². The zero-order valence-electron chi connectivity index (χ0n) is 23.1. The van der Waals surface area contributed by atoms with E-state index in [1.54, 1.807) is 42.2 Å². The van der Waals surface area contributed by atoms with E-state index < -0.39 is 10.1 Å². The van der Waals surface area contributed by atoms with Gasteiger partial charge in [0, 0.05) is 0 Å². The van der Waals surface area contributed by atoms with Gasteiger partial charge in [-0.25, -0.2) is 4.99 Å². The van der Waals surface area contributed by atoms with E-state index in [4.69, 9.17) is 25.5 Å². The molecule has 0 saturated carbocycles. The number of thioether (sulfide) groups is 1. The minimum Gasteiger partial charge on any atom is -0.490 e. The molecular weight excluding hydrogens is 592 g/mol. The summed E-state index contributed by atoms with van der Waals surface area (Å²) in [6.07, 6.45) is 1.68. The summed E-state index contributed by atoms with van der Waals surface area (Å²) in [5, 5.41) is 0.524. The largest absolute Gasteiger partial charge is 0.490 e. The van der Waals surface area contributed by atoms with E-state index in [0.29, 0.717) is 21.3 Å². The first-order valence-corrected chi connectivity index (χ1v) is 15.7. The normalized spacial score (nSPS) is 15.4. The first-order chi connectivity index (χ1) is 20.1. The summed E-state index contributed by atoms with van der Waals surface area (Å²) in [6.45, 7) is 5.98. The van der Waals surface area contributed by atoms with Gasteiger partial charge in [0.25, 0.3) is 5.91 Å². The predicted molar refractivity (Wildman–Crippen MR) is 169 cm³/mol. The van der Waals surface area contributed by atoms with Gasteiger partial charge in [-0.15, -0.1) is 0 Å². The van der Waals surface area contributed by atoms with E-state index in [2.05, 4.69) is 0 Å². The van der Waals surface area contributed by atoms with Crippen LogP contribution in [0, 0.1) is 13.8 Å². The molecule has 1 amide bonds. The summed E-state index contributed by atoms with van der Waals surface area (Å²) in [5.41, 5.74) is 4.12. The monoisotopic (exact) mass is 618 g/mol. The highest BCUT2D eigenvalue weighted by molar-refractivity contribution is 8.19. The van der Waals surface area contributed by atoms with E-state index in [0.717, 1.165) is 16.8 Å². The lowest BCUT2D eigenvalue weighted by Crippen LogP contribution is -2.28. The number of hydrogen-bond acceptors (Lipinski definition) is 7. The molecule has 0 aromatic heterocycles. The van der Waals surface area contributed by atoms with Gasteiger partial charge in [0.2, 0.25) is 5.75 Å². The molecule has 0 aliphatic carbocycles. The summed E-state index contributed by atoms with van der Waals surface area (Å²) in [6, 6.07) is 26.3. The smallest absolute Gasteiger partial charge is 0.339 e. The third-order valence-corrected chi connectivity index (χ3v) is 8.70. The number of rotatable bonds is 8. The topological polar surface area (TPSA) is 85.3 Å². The van der Waals surface area contributed by atoms with E-state index >= 15 is 0 Å². The lowest BCUT2D eigenvalue weighted by molar-refractivity contribution is -0.113. The molecule has 1 aliphatic rings. The van der Waals surface area contributed by atoms with Gasteiger partial charge in [0.1, 0.15) is 4.90 Å². The number of carbonyl (C=O) groups is 1. The number of anilines is 1. The van der Waals surface area contributed by atoms with Gasteiger partial charge in [0.05, 0.1) is 27.9 Å². The van der Waals surface area contributed by atoms with Crippen LogP contribution in [0.15, 0.2) is 106 Å². The van der Waals surface area contributed by atoms with Gasteiger partial charge in [0.15, 0.2) is 10.9 Å². The molecule has 4 aromatic rings. The molecular formula is C32H27ClN2O5S2. The molecule has 214 valence electrons. The molecule has 0 radical (unpaired) electrons. The standard InChI is InChI=1S/C32H27ClN2O5S2/c1-4-39-28-19-23(18-27(33)30(28)40-42(37,38)26-8-6-5-7-9-26)20-29-31(36)35(25-16-12-22(3)13-17-25)32(41-29)34-24-14-10-21(2)11-15-24/h5-20H,4H2,1-3H3/b29-20-,34-32?. The Morgan fingerprint density at radius 1 is 0.929 bits per heavy atom. The number of ether oxygens (including phenoxy) is 1. The molecule has 10 heteroatoms. The van der Waals surface area contributed by atoms with Crippen molar-refractivity contribution < 1.29 is 22.1 Å². The Balaban J connectivity index is 1.53. The number of nitrogens with zero attached hydrogens (tertiary/aromatic N) is 2. The third kappa shape index (κ3) is 6.54. The average molecular weight is 619 g/mol. The molecule has 4 aromatic carbocycles. The van der Waals surface area contributed by atoms with E-state index in [1.165, 1.54) is 30.0 Å². The van der Waals surface area contributed by atoms with Crippen LogP contribution in [0.1, 0.15) is 23.6 Å². The summed E-state index contributed by atoms with van der Waals surface area (Å²) in [5.74, 6) is -0.246. The quantitative estimate of drug-likeness (QED) is 0.147. The number of carbonyl (C=O) groups excluding carboxylic acids is 1. The van der Waals surface area contributed by atoms with Gasteiger partial charge in [-0.1, -0.05) is 65.2 Å². The Bertz CT molecular complexity index is 1790. The van der Waals surface area contributed by atoms with Crippen molar-refractivity contribution in [3.63, 3.8) is 0 Å². The van der Waals surface area contributed by atoms with Crippen LogP contribution in [0.5, 0.6) is 11.5 Å². The fourth-order valence-corrected chi connectivity index (χ4v) is 6.39. The van der Waals surface area contributed by atoms with E-state index in [1.807, 2.05) is 62.4 Å². The zero-order valence-corrected chi connectivity index (χ0v) is 25.5. The van der Waals surface area contributed by atoms with Crippen molar-refractivity contribution in [1.29, 1.82) is 0 Å². The first kappa shape index (κ1) is 29.4. The Kier molecular flexibility index (Phi) is 8.72. The zero-order chi connectivity index (χ0) is 29.9. The minimum atomic E-state index is -4.16. The summed E-state index contributed by atoms with van der Waals surface area (Å²) in [4.78, 5) is 20.5. The number of aryl methyl sites for hydroxylation is 2. The number of amidine groups is 1. The Labute approximate surface area is 254 Å². The number of amides is 1. The molecule has 0 atom stereocenters. The molecule has 42 heavy (non-hydrogen) atoms. The molecule has 1 fully saturated rings. The van der Waals surface area contributed by atoms with Gasteiger partial charge in [-0.3, -0.25) is 9.69 Å². The van der Waals surface area contributed by atoms with Crippen molar-refractivity contribution >= 4 is 62.0 Å². The Morgan fingerprint density at radius 3 is 2.21 bits per heavy atom. The van der Waals surface area contributed by atoms with E-state index in [-0.39, 0.29) is 33.9 Å². The lowest BCUT2D eigenvalue weighted by Gasteiger charge is -2.16. The molecule has 0 spiro atoms. The third-order valence-electron chi connectivity index (χ3n) is 6.21. The van der Waals surface area contributed by atoms with Crippen LogP contribution in [0.25, 0.3) is 6.08 Å². The van der Waals surface area contributed by atoms with Crippen molar-refractivity contribution in [3.8, 4) is 11.5 Å². The maximum Gasteiger partial charge on any atom is 0.339 e. The molecule has 0 N–H and O–H groups in total. The first-order valence-electron chi connectivity index (χ1n) is 13.1. The van der Waals surface area contributed by atoms with Crippen molar-refractivity contribution in [2.24, 2.45) is 4.99 Å². The second-order valence-corrected chi connectivity index (χ2v) is 12.4. The molecule has 0 unspecified atom stereocenters. The van der Waals surface area contributed by atoms with Crippen LogP contribution in [0.2, 0.25) is 5.02 Å². The van der Waals surface area contributed by atoms with Crippen LogP contribution in [-0.4, -0.2) is 26.1 Å². The van der Waals surface area contributed by atoms with Crippen molar-refractivity contribution in [2.75, 3.05) is 11.5 Å². The number of benzene rings is 4. The predicted octanol–water partition coefficient (Wildman–Crippen LogP) is 7.93. The van der Waals surface area contributed by atoms with Gasteiger partial charge < -0.3 is 8.92 Å². The molecule has 5 rings (SSSR count). The number of aliphatic imine (C=N–C) groups is 1. The molecule has 1 heterocycles. The summed E-state index contributed by atoms with van der Waals surface area (Å²) < 4.78 is 36.9. The Hall–Kier alpha value is -4.05. The molecule has 0 bridgehead atoms. The maximum absolute atomic E-state index is 13.7. The highest BCUT2D eigenvalue weighted by Crippen LogP contribution is 2.41. The van der Waals surface area contributed by atoms with Crippen LogP contribution < -0.4 is 13.8 Å². The van der Waals surface area contributed by atoms with Gasteiger partial charge in [-0.05, 0) is 92.7 Å². The van der Waals surface area contributed by atoms with Gasteiger partial charge >= 0.3 is 10.1 Å². The molecule has 1 saturated heterocycles.